The van der Waals surface area contributed by atoms with Crippen LogP contribution in [0.5, 0.6) is 0 Å². The van der Waals surface area contributed by atoms with Gasteiger partial charge in [0.15, 0.2) is 0 Å². The molecule has 1 heterocycles. The smallest absolute Gasteiger partial charge is 0.304 e. The lowest BCUT2D eigenvalue weighted by molar-refractivity contribution is -0.122. The molecule has 1 rings (SSSR count). The lowest BCUT2D eigenvalue weighted by Gasteiger charge is -2.26. The topological polar surface area (TPSA) is 88.0 Å². The van der Waals surface area contributed by atoms with E-state index in [0.717, 1.165) is 17.0 Å². The van der Waals surface area contributed by atoms with Crippen LogP contribution in [0, 0.1) is 5.41 Å². The molecule has 4 N–H and O–H groups in total. The lowest BCUT2D eigenvalue weighted by Crippen LogP contribution is -2.40. The molecule has 96 valence electrons. The van der Waals surface area contributed by atoms with Crippen LogP contribution in [0.2, 0.25) is 0 Å². The number of H-pyrrole nitrogens is 1. The van der Waals surface area contributed by atoms with E-state index in [9.17, 15) is 9.59 Å². The average Bonchev–Trinajstić information content (AvgIpc) is 2.60. The van der Waals surface area contributed by atoms with E-state index in [1.54, 1.807) is 5.38 Å². The summed E-state index contributed by atoms with van der Waals surface area (Å²) in [5.74, 6) is -0.0977. The van der Waals surface area contributed by atoms with Crippen LogP contribution in [0.15, 0.2) is 10.2 Å². The van der Waals surface area contributed by atoms with Crippen LogP contribution in [0.25, 0.3) is 0 Å². The molecule has 0 bridgehead atoms. The predicted octanol–water partition coefficient (Wildman–Crippen LogP) is 0.816. The van der Waals surface area contributed by atoms with Crippen molar-refractivity contribution >= 4 is 17.2 Å². The second kappa shape index (κ2) is 5.46. The predicted molar refractivity (Wildman–Crippen MR) is 68.8 cm³/mol. The van der Waals surface area contributed by atoms with Gasteiger partial charge < -0.3 is 16.0 Å². The van der Waals surface area contributed by atoms with Crippen LogP contribution in [-0.2, 0) is 11.3 Å². The summed E-state index contributed by atoms with van der Waals surface area (Å²) in [6, 6.07) is -0.177. The first-order valence-electron chi connectivity index (χ1n) is 5.48. The summed E-state index contributed by atoms with van der Waals surface area (Å²) in [5.41, 5.74) is 6.54. The van der Waals surface area contributed by atoms with E-state index in [-0.39, 0.29) is 28.7 Å². The fraction of sp³-hybridized carbons (Fsp3) is 0.636. The Labute approximate surface area is 104 Å². The number of rotatable bonds is 4. The molecule has 17 heavy (non-hydrogen) atoms. The molecule has 0 aliphatic carbocycles. The minimum absolute atomic E-state index is 0.0893. The van der Waals surface area contributed by atoms with Crippen LogP contribution in [-0.4, -0.2) is 16.9 Å². The molecule has 6 heteroatoms. The maximum absolute atomic E-state index is 11.6. The molecular formula is C11H19N3O2S. The van der Waals surface area contributed by atoms with Gasteiger partial charge in [-0.2, -0.15) is 0 Å². The van der Waals surface area contributed by atoms with Crippen LogP contribution in [0.1, 0.15) is 32.9 Å². The zero-order valence-corrected chi connectivity index (χ0v) is 11.2. The van der Waals surface area contributed by atoms with E-state index >= 15 is 0 Å². The van der Waals surface area contributed by atoms with Crippen molar-refractivity contribution in [3.63, 3.8) is 0 Å². The molecule has 0 fully saturated rings. The Kier molecular flexibility index (Phi) is 4.47. The number of carbonyl (C=O) groups is 1. The number of aromatic nitrogens is 1. The van der Waals surface area contributed by atoms with Gasteiger partial charge in [-0.25, -0.2) is 0 Å². The Bertz CT molecular complexity index is 430. The Morgan fingerprint density at radius 1 is 1.59 bits per heavy atom. The van der Waals surface area contributed by atoms with Gasteiger partial charge in [0.25, 0.3) is 0 Å². The molecule has 1 unspecified atom stereocenters. The minimum Gasteiger partial charge on any atom is -0.350 e. The highest BCUT2D eigenvalue weighted by atomic mass is 32.1. The van der Waals surface area contributed by atoms with Gasteiger partial charge in [-0.05, 0) is 5.41 Å². The number of amides is 1. The molecule has 5 nitrogen and oxygen atoms in total. The summed E-state index contributed by atoms with van der Waals surface area (Å²) in [7, 11) is 0. The van der Waals surface area contributed by atoms with Crippen molar-refractivity contribution in [2.75, 3.05) is 0 Å². The summed E-state index contributed by atoms with van der Waals surface area (Å²) in [6.45, 7) is 6.35. The van der Waals surface area contributed by atoms with E-state index in [2.05, 4.69) is 10.3 Å². The van der Waals surface area contributed by atoms with Gasteiger partial charge in [0.2, 0.25) is 5.91 Å². The summed E-state index contributed by atoms with van der Waals surface area (Å²) < 4.78 is 0. The second-order valence-electron chi connectivity index (χ2n) is 5.13. The van der Waals surface area contributed by atoms with Crippen molar-refractivity contribution in [1.29, 1.82) is 0 Å². The molecule has 1 aromatic heterocycles. The van der Waals surface area contributed by atoms with Crippen molar-refractivity contribution in [2.45, 2.75) is 39.8 Å². The number of nitrogens with one attached hydrogen (secondary N) is 2. The summed E-state index contributed by atoms with van der Waals surface area (Å²) in [5, 5.41) is 4.43. The highest BCUT2D eigenvalue weighted by molar-refractivity contribution is 7.07. The third-order valence-corrected chi connectivity index (χ3v) is 3.28. The Balaban J connectivity index is 2.38. The fourth-order valence-corrected chi connectivity index (χ4v) is 1.75. The monoisotopic (exact) mass is 257 g/mol. The molecule has 0 aliphatic heterocycles. The molecule has 0 saturated carbocycles. The Morgan fingerprint density at radius 3 is 2.71 bits per heavy atom. The van der Waals surface area contributed by atoms with Gasteiger partial charge in [0, 0.05) is 23.5 Å². The lowest BCUT2D eigenvalue weighted by atomic mass is 9.85. The van der Waals surface area contributed by atoms with Crippen LogP contribution < -0.4 is 15.9 Å². The first-order chi connectivity index (χ1) is 7.79. The maximum atomic E-state index is 11.6. The first kappa shape index (κ1) is 13.9. The van der Waals surface area contributed by atoms with E-state index in [1.807, 2.05) is 20.8 Å². The molecule has 0 radical (unpaired) electrons. The van der Waals surface area contributed by atoms with Crippen LogP contribution in [0.3, 0.4) is 0 Å². The first-order valence-corrected chi connectivity index (χ1v) is 6.36. The quantitative estimate of drug-likeness (QED) is 0.746. The third kappa shape index (κ3) is 4.70. The van der Waals surface area contributed by atoms with Gasteiger partial charge in [0.05, 0.1) is 6.54 Å². The SMILES string of the molecule is CC(C)(C)C(N)CC(=O)NCc1csc(=O)[nH]1. The van der Waals surface area contributed by atoms with Gasteiger partial charge in [0.1, 0.15) is 0 Å². The maximum Gasteiger partial charge on any atom is 0.304 e. The Hall–Kier alpha value is -1.14. The summed E-state index contributed by atoms with van der Waals surface area (Å²) in [4.78, 5) is 25.0. The third-order valence-electron chi connectivity index (χ3n) is 2.56. The molecule has 1 aromatic rings. The molecule has 0 aromatic carbocycles. The van der Waals surface area contributed by atoms with Crippen LogP contribution in [0.4, 0.5) is 0 Å². The average molecular weight is 257 g/mol. The highest BCUT2D eigenvalue weighted by Gasteiger charge is 2.22. The highest BCUT2D eigenvalue weighted by Crippen LogP contribution is 2.19. The number of nitrogens with two attached hydrogens (primary N) is 1. The molecule has 0 saturated heterocycles. The molecule has 0 aliphatic rings. The van der Waals surface area contributed by atoms with Gasteiger partial charge in [-0.3, -0.25) is 9.59 Å². The Morgan fingerprint density at radius 2 is 2.24 bits per heavy atom. The van der Waals surface area contributed by atoms with E-state index < -0.39 is 0 Å². The second-order valence-corrected chi connectivity index (χ2v) is 5.97. The number of hydrogen-bond acceptors (Lipinski definition) is 4. The van der Waals surface area contributed by atoms with E-state index in [4.69, 9.17) is 5.73 Å². The van der Waals surface area contributed by atoms with Crippen molar-refractivity contribution in [1.82, 2.24) is 10.3 Å². The fourth-order valence-electron chi connectivity index (χ4n) is 1.17. The zero-order valence-electron chi connectivity index (χ0n) is 10.4. The molecule has 0 spiro atoms. The van der Waals surface area contributed by atoms with Crippen LogP contribution >= 0.6 is 11.3 Å². The van der Waals surface area contributed by atoms with E-state index in [1.165, 1.54) is 0 Å². The summed E-state index contributed by atoms with van der Waals surface area (Å²) in [6.07, 6.45) is 0.290. The van der Waals surface area contributed by atoms with E-state index in [0.29, 0.717) is 6.54 Å². The number of thiazole rings is 1. The van der Waals surface area contributed by atoms with Gasteiger partial charge in [-0.1, -0.05) is 32.1 Å². The standard InChI is InChI=1S/C11H19N3O2S/c1-11(2,3)8(12)4-9(15)13-5-7-6-17-10(16)14-7/h6,8H,4-5,12H2,1-3H3,(H,13,15)(H,14,16). The van der Waals surface area contributed by atoms with Gasteiger partial charge >= 0.3 is 4.87 Å². The van der Waals surface area contributed by atoms with Crippen molar-refractivity contribution in [3.8, 4) is 0 Å². The normalized spacial score (nSPS) is 13.4. The van der Waals surface area contributed by atoms with Crippen molar-refractivity contribution in [2.24, 2.45) is 11.1 Å². The number of carbonyl (C=O) groups excluding carboxylic acids is 1. The summed E-state index contributed by atoms with van der Waals surface area (Å²) >= 11 is 1.09. The zero-order chi connectivity index (χ0) is 13.1. The number of aromatic amines is 1. The number of hydrogen-bond donors (Lipinski definition) is 3. The van der Waals surface area contributed by atoms with Gasteiger partial charge in [-0.15, -0.1) is 0 Å². The largest absolute Gasteiger partial charge is 0.350 e. The van der Waals surface area contributed by atoms with Crippen molar-refractivity contribution < 1.29 is 4.79 Å². The molecule has 1 atom stereocenters. The molecule has 1 amide bonds. The minimum atomic E-state index is -0.177. The van der Waals surface area contributed by atoms with Crippen molar-refractivity contribution in [3.05, 3.63) is 20.7 Å². The molecular weight excluding hydrogens is 238 g/mol.